The topological polar surface area (TPSA) is 17.1 Å². The Labute approximate surface area is 80.2 Å². The highest BCUT2D eigenvalue weighted by Crippen LogP contribution is 2.61. The van der Waals surface area contributed by atoms with Crippen molar-refractivity contribution in [1.29, 1.82) is 0 Å². The van der Waals surface area contributed by atoms with Gasteiger partial charge in [-0.2, -0.15) is 0 Å². The summed E-state index contributed by atoms with van der Waals surface area (Å²) >= 11 is 0. The van der Waals surface area contributed by atoms with Crippen LogP contribution in [0.5, 0.6) is 0 Å². The van der Waals surface area contributed by atoms with Crippen molar-refractivity contribution in [3.63, 3.8) is 0 Å². The van der Waals surface area contributed by atoms with E-state index >= 15 is 0 Å². The zero-order chi connectivity index (χ0) is 9.85. The number of fused-ring (bicyclic) bond motifs is 1. The molecule has 0 aliphatic heterocycles. The van der Waals surface area contributed by atoms with Crippen molar-refractivity contribution < 1.29 is 4.79 Å². The molecule has 0 spiro atoms. The molecule has 1 nitrogen and oxygen atoms in total. The fourth-order valence-corrected chi connectivity index (χ4v) is 2.84. The summed E-state index contributed by atoms with van der Waals surface area (Å²) in [6.07, 6.45) is 5.40. The molecular weight excluding hydrogens is 160 g/mol. The Balaban J connectivity index is 2.35. The van der Waals surface area contributed by atoms with Gasteiger partial charge >= 0.3 is 0 Å². The summed E-state index contributed by atoms with van der Waals surface area (Å²) in [6, 6.07) is 0. The second kappa shape index (κ2) is 2.26. The van der Waals surface area contributed by atoms with E-state index in [4.69, 9.17) is 0 Å². The molecule has 0 aromatic heterocycles. The summed E-state index contributed by atoms with van der Waals surface area (Å²) in [5, 5.41) is 0. The number of ketones is 1. The average Bonchev–Trinajstić information content (AvgIpc) is 2.45. The third-order valence-electron chi connectivity index (χ3n) is 4.24. The molecule has 2 aliphatic carbocycles. The van der Waals surface area contributed by atoms with E-state index in [9.17, 15) is 4.79 Å². The molecule has 0 amide bonds. The Kier molecular flexibility index (Phi) is 1.56. The summed E-state index contributed by atoms with van der Waals surface area (Å²) < 4.78 is 0. The Morgan fingerprint density at radius 3 is 2.62 bits per heavy atom. The first kappa shape index (κ1) is 8.98. The van der Waals surface area contributed by atoms with Gasteiger partial charge in [0.2, 0.25) is 0 Å². The fourth-order valence-electron chi connectivity index (χ4n) is 2.84. The first-order valence-corrected chi connectivity index (χ1v) is 5.10. The van der Waals surface area contributed by atoms with Crippen molar-refractivity contribution in [1.82, 2.24) is 0 Å². The lowest BCUT2D eigenvalue weighted by Gasteiger charge is -2.55. The second-order valence-corrected chi connectivity index (χ2v) is 5.61. The summed E-state index contributed by atoms with van der Waals surface area (Å²) in [6.45, 7) is 8.65. The fraction of sp³-hybridized carbons (Fsp3) is 0.750. The molecule has 1 saturated carbocycles. The van der Waals surface area contributed by atoms with Crippen LogP contribution < -0.4 is 0 Å². The molecule has 0 aromatic rings. The Hall–Kier alpha value is -0.590. The molecule has 3 atom stereocenters. The number of rotatable bonds is 0. The first-order chi connectivity index (χ1) is 5.89. The number of carbonyl (C=O) groups excluding carboxylic acids is 1. The van der Waals surface area contributed by atoms with E-state index in [0.717, 1.165) is 6.42 Å². The van der Waals surface area contributed by atoms with Crippen molar-refractivity contribution in [2.45, 2.75) is 34.1 Å². The molecule has 0 heterocycles. The molecule has 0 bridgehead atoms. The molecule has 0 N–H and O–H groups in total. The number of allylic oxidation sites excluding steroid dienone is 2. The normalized spacial score (nSPS) is 43.2. The Morgan fingerprint density at radius 2 is 2.08 bits per heavy atom. The maximum atomic E-state index is 12.0. The molecule has 0 saturated heterocycles. The van der Waals surface area contributed by atoms with Crippen molar-refractivity contribution >= 4 is 5.78 Å². The number of carbonyl (C=O) groups is 1. The van der Waals surface area contributed by atoms with Crippen molar-refractivity contribution in [3.05, 3.63) is 12.2 Å². The van der Waals surface area contributed by atoms with Gasteiger partial charge in [0.25, 0.3) is 0 Å². The minimum atomic E-state index is -0.106. The number of hydrogen-bond acceptors (Lipinski definition) is 1. The van der Waals surface area contributed by atoms with Crippen molar-refractivity contribution in [2.24, 2.45) is 22.7 Å². The largest absolute Gasteiger partial charge is 0.299 e. The summed E-state index contributed by atoms with van der Waals surface area (Å²) in [5.74, 6) is 1.32. The lowest BCUT2D eigenvalue weighted by molar-refractivity contribution is -0.162. The maximum Gasteiger partial charge on any atom is 0.143 e. The average molecular weight is 178 g/mol. The Morgan fingerprint density at radius 1 is 1.46 bits per heavy atom. The van der Waals surface area contributed by atoms with Crippen LogP contribution in [0.1, 0.15) is 34.1 Å². The molecule has 0 aromatic carbocycles. The maximum absolute atomic E-state index is 12.0. The van der Waals surface area contributed by atoms with Crippen LogP contribution in [0.2, 0.25) is 0 Å². The predicted octanol–water partition coefficient (Wildman–Crippen LogP) is 2.81. The zero-order valence-electron chi connectivity index (χ0n) is 8.92. The van der Waals surface area contributed by atoms with Crippen LogP contribution in [0.15, 0.2) is 12.2 Å². The van der Waals surface area contributed by atoms with Gasteiger partial charge in [0.1, 0.15) is 5.78 Å². The first-order valence-electron chi connectivity index (χ1n) is 5.10. The molecule has 1 fully saturated rings. The summed E-state index contributed by atoms with van der Waals surface area (Å²) in [5.41, 5.74) is -0.00933. The van der Waals surface area contributed by atoms with Gasteiger partial charge in [-0.1, -0.05) is 39.8 Å². The smallest absolute Gasteiger partial charge is 0.143 e. The van der Waals surface area contributed by atoms with E-state index in [1.807, 2.05) is 0 Å². The minimum absolute atomic E-state index is 0.0972. The minimum Gasteiger partial charge on any atom is -0.299 e. The zero-order valence-corrected chi connectivity index (χ0v) is 8.92. The number of hydrogen-bond donors (Lipinski definition) is 0. The van der Waals surface area contributed by atoms with E-state index in [1.54, 1.807) is 0 Å². The Bertz CT molecular complexity index is 282. The van der Waals surface area contributed by atoms with Crippen molar-refractivity contribution in [3.8, 4) is 0 Å². The van der Waals surface area contributed by atoms with Crippen LogP contribution in [-0.4, -0.2) is 5.78 Å². The van der Waals surface area contributed by atoms with Gasteiger partial charge in [0.05, 0.1) is 0 Å². The van der Waals surface area contributed by atoms with Gasteiger partial charge in [0.15, 0.2) is 0 Å². The van der Waals surface area contributed by atoms with Crippen LogP contribution in [-0.2, 0) is 4.79 Å². The van der Waals surface area contributed by atoms with Gasteiger partial charge in [-0.3, -0.25) is 4.79 Å². The molecule has 72 valence electrons. The molecular formula is C12H18O. The third-order valence-corrected chi connectivity index (χ3v) is 4.24. The number of Topliss-reactive ketones (excluding diaryl/α,β-unsaturated/α-hetero) is 1. The molecule has 2 rings (SSSR count). The summed E-state index contributed by atoms with van der Waals surface area (Å²) in [4.78, 5) is 12.0. The van der Waals surface area contributed by atoms with E-state index in [-0.39, 0.29) is 10.8 Å². The molecule has 2 aliphatic rings. The highest BCUT2D eigenvalue weighted by Gasteiger charge is 2.63. The van der Waals surface area contributed by atoms with Crippen LogP contribution >= 0.6 is 0 Å². The highest BCUT2D eigenvalue weighted by atomic mass is 16.1. The monoisotopic (exact) mass is 178 g/mol. The van der Waals surface area contributed by atoms with Crippen LogP contribution in [0.3, 0.4) is 0 Å². The quantitative estimate of drug-likeness (QED) is 0.521. The van der Waals surface area contributed by atoms with Crippen LogP contribution in [0.25, 0.3) is 0 Å². The summed E-state index contributed by atoms with van der Waals surface area (Å²) in [7, 11) is 0. The van der Waals surface area contributed by atoms with Gasteiger partial charge in [-0.25, -0.2) is 0 Å². The van der Waals surface area contributed by atoms with Crippen LogP contribution in [0, 0.1) is 22.7 Å². The van der Waals surface area contributed by atoms with Gasteiger partial charge < -0.3 is 0 Å². The van der Waals surface area contributed by atoms with Gasteiger partial charge in [-0.15, -0.1) is 0 Å². The second-order valence-electron chi connectivity index (χ2n) is 5.61. The molecule has 1 heteroatoms. The lowest BCUT2D eigenvalue weighted by atomic mass is 9.46. The molecule has 0 radical (unpaired) electrons. The highest BCUT2D eigenvalue weighted by molar-refractivity contribution is 5.95. The molecule has 3 unspecified atom stereocenters. The molecule has 13 heavy (non-hydrogen) atoms. The van der Waals surface area contributed by atoms with Crippen LogP contribution in [0.4, 0.5) is 0 Å². The lowest BCUT2D eigenvalue weighted by Crippen LogP contribution is -2.60. The SMILES string of the molecule is CC(C)(C)C1(C)C(=O)C2CC=CC21. The van der Waals surface area contributed by atoms with E-state index < -0.39 is 0 Å². The van der Waals surface area contributed by atoms with Gasteiger partial charge in [0, 0.05) is 11.3 Å². The van der Waals surface area contributed by atoms with E-state index in [2.05, 4.69) is 39.8 Å². The predicted molar refractivity (Wildman–Crippen MR) is 53.3 cm³/mol. The van der Waals surface area contributed by atoms with E-state index in [0.29, 0.717) is 17.6 Å². The standard InChI is InChI=1S/C12H18O/c1-11(2,3)12(4)9-7-5-6-8(9)10(12)13/h5,7-9H,6H2,1-4H3. The van der Waals surface area contributed by atoms with Gasteiger partial charge in [-0.05, 0) is 17.8 Å². The van der Waals surface area contributed by atoms with E-state index in [1.165, 1.54) is 0 Å². The third kappa shape index (κ3) is 0.853. The van der Waals surface area contributed by atoms with Crippen molar-refractivity contribution in [2.75, 3.05) is 0 Å².